The maximum absolute atomic E-state index is 14.0. The van der Waals surface area contributed by atoms with Crippen molar-refractivity contribution in [2.75, 3.05) is 0 Å². The van der Waals surface area contributed by atoms with Crippen molar-refractivity contribution in [3.8, 4) is 17.3 Å². The number of hydrogen-bond acceptors (Lipinski definition) is 5. The van der Waals surface area contributed by atoms with Gasteiger partial charge in [0.15, 0.2) is 5.65 Å². The van der Waals surface area contributed by atoms with Crippen LogP contribution in [0.25, 0.3) is 22.3 Å². The van der Waals surface area contributed by atoms with Gasteiger partial charge in [0.1, 0.15) is 12.4 Å². The molecule has 7 heteroatoms. The molecular weight excluding hydrogens is 383 g/mol. The van der Waals surface area contributed by atoms with Gasteiger partial charge in [0.05, 0.1) is 34.0 Å². The molecule has 0 aliphatic heterocycles. The maximum atomic E-state index is 14.0. The molecule has 0 spiro atoms. The van der Waals surface area contributed by atoms with Crippen molar-refractivity contribution in [2.45, 2.75) is 13.5 Å². The first-order valence-corrected chi connectivity index (χ1v) is 9.23. The highest BCUT2D eigenvalue weighted by Crippen LogP contribution is 2.27. The number of aromatic nitrogens is 3. The number of carbonyl (C=O) groups is 1. The van der Waals surface area contributed by atoms with E-state index in [0.717, 1.165) is 5.56 Å². The van der Waals surface area contributed by atoms with Crippen molar-refractivity contribution in [1.82, 2.24) is 14.8 Å². The van der Waals surface area contributed by atoms with Gasteiger partial charge in [-0.2, -0.15) is 10.4 Å². The summed E-state index contributed by atoms with van der Waals surface area (Å²) in [4.78, 5) is 17.6. The average Bonchev–Trinajstić information content (AvgIpc) is 3.06. The molecular formula is C23H17FN4O2. The monoisotopic (exact) mass is 400 g/mol. The highest BCUT2D eigenvalue weighted by atomic mass is 19.1. The highest BCUT2D eigenvalue weighted by Gasteiger charge is 2.21. The minimum absolute atomic E-state index is 0.138. The number of benzene rings is 2. The quantitative estimate of drug-likeness (QED) is 0.477. The van der Waals surface area contributed by atoms with Gasteiger partial charge in [0.2, 0.25) is 0 Å². The minimum atomic E-state index is -0.613. The predicted molar refractivity (Wildman–Crippen MR) is 109 cm³/mol. The van der Waals surface area contributed by atoms with E-state index in [0.29, 0.717) is 33.5 Å². The summed E-state index contributed by atoms with van der Waals surface area (Å²) in [6.45, 7) is 1.50. The summed E-state index contributed by atoms with van der Waals surface area (Å²) in [6, 6.07) is 17.0. The predicted octanol–water partition coefficient (Wildman–Crippen LogP) is 4.31. The molecule has 0 aliphatic rings. The Labute approximate surface area is 172 Å². The first-order chi connectivity index (χ1) is 14.5. The minimum Gasteiger partial charge on any atom is -0.457 e. The third-order valence-corrected chi connectivity index (χ3v) is 4.79. The number of fused-ring (bicyclic) bond motifs is 1. The molecule has 0 unspecified atom stereocenters. The molecule has 148 valence electrons. The molecule has 0 fully saturated rings. The Morgan fingerprint density at radius 2 is 1.97 bits per heavy atom. The van der Waals surface area contributed by atoms with E-state index in [1.54, 1.807) is 24.7 Å². The van der Waals surface area contributed by atoms with Crippen LogP contribution in [0.15, 0.2) is 54.6 Å². The SMILES string of the molecule is Cc1nn(C)c2nc(-c3ccccc3)cc(C(=O)OCc3cc(C#N)ccc3F)c12. The lowest BCUT2D eigenvalue weighted by molar-refractivity contribution is 0.0471. The number of halogens is 1. The van der Waals surface area contributed by atoms with Crippen LogP contribution in [-0.4, -0.2) is 20.7 Å². The molecule has 0 amide bonds. The van der Waals surface area contributed by atoms with E-state index in [1.807, 2.05) is 36.4 Å². The van der Waals surface area contributed by atoms with E-state index >= 15 is 0 Å². The van der Waals surface area contributed by atoms with Crippen molar-refractivity contribution < 1.29 is 13.9 Å². The van der Waals surface area contributed by atoms with Gasteiger partial charge < -0.3 is 4.74 Å². The smallest absolute Gasteiger partial charge is 0.339 e. The average molecular weight is 400 g/mol. The van der Waals surface area contributed by atoms with Crippen molar-refractivity contribution in [1.29, 1.82) is 5.26 Å². The number of ether oxygens (including phenoxy) is 1. The molecule has 4 aromatic rings. The summed E-state index contributed by atoms with van der Waals surface area (Å²) in [5.74, 6) is -1.15. The summed E-state index contributed by atoms with van der Waals surface area (Å²) in [5, 5.41) is 14.0. The normalized spacial score (nSPS) is 10.7. The second-order valence-electron chi connectivity index (χ2n) is 6.82. The molecule has 2 heterocycles. The molecule has 4 rings (SSSR count). The Kier molecular flexibility index (Phi) is 4.98. The van der Waals surface area contributed by atoms with E-state index < -0.39 is 11.8 Å². The van der Waals surface area contributed by atoms with Crippen LogP contribution in [0, 0.1) is 24.1 Å². The molecule has 0 bridgehead atoms. The Morgan fingerprint density at radius 1 is 1.20 bits per heavy atom. The molecule has 0 aliphatic carbocycles. The van der Waals surface area contributed by atoms with Gasteiger partial charge >= 0.3 is 5.97 Å². The van der Waals surface area contributed by atoms with Gasteiger partial charge in [-0.15, -0.1) is 0 Å². The Balaban J connectivity index is 1.74. The van der Waals surface area contributed by atoms with E-state index in [2.05, 4.69) is 10.1 Å². The summed E-state index contributed by atoms with van der Waals surface area (Å²) in [6.07, 6.45) is 0. The van der Waals surface area contributed by atoms with Crippen LogP contribution in [-0.2, 0) is 18.4 Å². The summed E-state index contributed by atoms with van der Waals surface area (Å²) < 4.78 is 21.1. The fourth-order valence-electron chi connectivity index (χ4n) is 3.34. The standard InChI is InChI=1S/C23H17FN4O2/c1-14-21-18(23(29)30-13-17-10-15(12-25)8-9-19(17)24)11-20(16-6-4-3-5-7-16)26-22(21)28(2)27-14/h3-11H,13H2,1-2H3. The van der Waals surface area contributed by atoms with Crippen LogP contribution in [0.3, 0.4) is 0 Å². The van der Waals surface area contributed by atoms with E-state index in [1.165, 1.54) is 18.2 Å². The molecule has 6 nitrogen and oxygen atoms in total. The highest BCUT2D eigenvalue weighted by molar-refractivity contribution is 6.05. The summed E-state index contributed by atoms with van der Waals surface area (Å²) in [7, 11) is 1.76. The maximum Gasteiger partial charge on any atom is 0.339 e. The van der Waals surface area contributed by atoms with E-state index in [-0.39, 0.29) is 12.2 Å². The van der Waals surface area contributed by atoms with Crippen LogP contribution in [0.2, 0.25) is 0 Å². The van der Waals surface area contributed by atoms with E-state index in [9.17, 15) is 9.18 Å². The molecule has 0 saturated carbocycles. The van der Waals surface area contributed by atoms with Gasteiger partial charge in [-0.3, -0.25) is 4.68 Å². The Morgan fingerprint density at radius 3 is 2.70 bits per heavy atom. The number of rotatable bonds is 4. The zero-order valence-corrected chi connectivity index (χ0v) is 16.4. The van der Waals surface area contributed by atoms with Crippen LogP contribution in [0.4, 0.5) is 4.39 Å². The van der Waals surface area contributed by atoms with Crippen molar-refractivity contribution in [3.05, 3.63) is 82.8 Å². The number of nitrogens with zero attached hydrogens (tertiary/aromatic N) is 4. The van der Waals surface area contributed by atoms with Gasteiger partial charge in [-0.05, 0) is 31.2 Å². The van der Waals surface area contributed by atoms with Crippen LogP contribution >= 0.6 is 0 Å². The number of carbonyl (C=O) groups excluding carboxylic acids is 1. The van der Waals surface area contributed by atoms with Gasteiger partial charge in [-0.25, -0.2) is 14.2 Å². The van der Waals surface area contributed by atoms with E-state index in [4.69, 9.17) is 10.00 Å². The lowest BCUT2D eigenvalue weighted by Crippen LogP contribution is -2.08. The molecule has 0 radical (unpaired) electrons. The first-order valence-electron chi connectivity index (χ1n) is 9.23. The van der Waals surface area contributed by atoms with Gasteiger partial charge in [-0.1, -0.05) is 30.3 Å². The van der Waals surface area contributed by atoms with Crippen molar-refractivity contribution in [2.24, 2.45) is 7.05 Å². The zero-order chi connectivity index (χ0) is 21.3. The van der Waals surface area contributed by atoms with Crippen LogP contribution in [0.5, 0.6) is 0 Å². The second kappa shape index (κ2) is 7.76. The molecule has 30 heavy (non-hydrogen) atoms. The van der Waals surface area contributed by atoms with Crippen LogP contribution < -0.4 is 0 Å². The number of hydrogen-bond donors (Lipinski definition) is 0. The zero-order valence-electron chi connectivity index (χ0n) is 16.4. The topological polar surface area (TPSA) is 80.8 Å². The lowest BCUT2D eigenvalue weighted by atomic mass is 10.1. The van der Waals surface area contributed by atoms with Crippen molar-refractivity contribution in [3.63, 3.8) is 0 Å². The number of esters is 1. The number of pyridine rings is 1. The molecule has 2 aromatic heterocycles. The number of nitriles is 1. The number of aryl methyl sites for hydroxylation is 2. The van der Waals surface area contributed by atoms with Gasteiger partial charge in [0.25, 0.3) is 0 Å². The largest absolute Gasteiger partial charge is 0.457 e. The molecule has 0 saturated heterocycles. The molecule has 2 aromatic carbocycles. The molecule has 0 atom stereocenters. The summed E-state index contributed by atoms with van der Waals surface area (Å²) in [5.41, 5.74) is 3.39. The fraction of sp³-hybridized carbons (Fsp3) is 0.130. The van der Waals surface area contributed by atoms with Gasteiger partial charge in [0, 0.05) is 18.2 Å². The Hall–Kier alpha value is -4.05. The second-order valence-corrected chi connectivity index (χ2v) is 6.82. The lowest BCUT2D eigenvalue weighted by Gasteiger charge is -2.10. The fourth-order valence-corrected chi connectivity index (χ4v) is 3.34. The third kappa shape index (κ3) is 3.51. The first kappa shape index (κ1) is 19.3. The summed E-state index contributed by atoms with van der Waals surface area (Å²) >= 11 is 0. The third-order valence-electron chi connectivity index (χ3n) is 4.79. The Bertz CT molecular complexity index is 1310. The molecule has 0 N–H and O–H groups in total. The van der Waals surface area contributed by atoms with Crippen molar-refractivity contribution >= 4 is 17.0 Å². The van der Waals surface area contributed by atoms with Crippen LogP contribution in [0.1, 0.15) is 27.2 Å².